The summed E-state index contributed by atoms with van der Waals surface area (Å²) in [4.78, 5) is 16.6. The summed E-state index contributed by atoms with van der Waals surface area (Å²) in [6, 6.07) is 13.4. The number of carbonyl (C=O) groups is 1. The lowest BCUT2D eigenvalue weighted by molar-refractivity contribution is 0.0914. The number of Topliss-reactive ketones (excluding diaryl/α,β-unsaturated/α-hetero) is 1. The van der Waals surface area contributed by atoms with Crippen LogP contribution in [0.2, 0.25) is 0 Å². The number of hydrogen-bond acceptors (Lipinski definition) is 3. The molecule has 0 N–H and O–H groups in total. The summed E-state index contributed by atoms with van der Waals surface area (Å²) >= 11 is 0. The van der Waals surface area contributed by atoms with E-state index >= 15 is 0 Å². The number of nitriles is 1. The fraction of sp³-hybridized carbons (Fsp3) is 0.267. The van der Waals surface area contributed by atoms with Crippen molar-refractivity contribution in [3.05, 3.63) is 42.1 Å². The molecule has 90 valence electrons. The number of fused-ring (bicyclic) bond motifs is 1. The zero-order valence-corrected chi connectivity index (χ0v) is 10.3. The van der Waals surface area contributed by atoms with E-state index in [1.165, 1.54) is 0 Å². The highest BCUT2D eigenvalue weighted by molar-refractivity contribution is 5.98. The first-order chi connectivity index (χ1) is 8.76. The molecule has 2 aromatic rings. The molecule has 1 unspecified atom stereocenters. The Morgan fingerprint density at radius 3 is 2.83 bits per heavy atom. The van der Waals surface area contributed by atoms with Gasteiger partial charge in [0.25, 0.3) is 0 Å². The van der Waals surface area contributed by atoms with Gasteiger partial charge in [-0.15, -0.1) is 0 Å². The van der Waals surface area contributed by atoms with E-state index in [1.54, 1.807) is 6.07 Å². The Balaban J connectivity index is 2.36. The van der Waals surface area contributed by atoms with Crippen molar-refractivity contribution in [2.45, 2.75) is 19.8 Å². The molecule has 0 bridgehead atoms. The minimum atomic E-state index is -0.247. The number of aromatic nitrogens is 1. The average Bonchev–Trinajstić information content (AvgIpc) is 2.43. The quantitative estimate of drug-likeness (QED) is 0.767. The van der Waals surface area contributed by atoms with Crippen LogP contribution in [0.4, 0.5) is 0 Å². The van der Waals surface area contributed by atoms with E-state index in [0.29, 0.717) is 12.1 Å². The van der Waals surface area contributed by atoms with Crippen LogP contribution < -0.4 is 0 Å². The maximum atomic E-state index is 12.2. The van der Waals surface area contributed by atoms with Gasteiger partial charge in [-0.2, -0.15) is 5.26 Å². The second-order valence-electron chi connectivity index (χ2n) is 4.22. The fourth-order valence-corrected chi connectivity index (χ4v) is 1.95. The molecule has 2 rings (SSSR count). The normalized spacial score (nSPS) is 12.0. The van der Waals surface area contributed by atoms with Crippen LogP contribution in [0.3, 0.4) is 0 Å². The van der Waals surface area contributed by atoms with Crippen molar-refractivity contribution >= 4 is 16.7 Å². The molecule has 1 heterocycles. The van der Waals surface area contributed by atoms with Gasteiger partial charge in [-0.05, 0) is 18.6 Å². The zero-order valence-electron chi connectivity index (χ0n) is 10.3. The molecular weight excluding hydrogens is 224 g/mol. The van der Waals surface area contributed by atoms with Crippen LogP contribution in [-0.4, -0.2) is 10.8 Å². The third kappa shape index (κ3) is 2.38. The van der Waals surface area contributed by atoms with Crippen LogP contribution in [0.15, 0.2) is 36.4 Å². The standard InChI is InChI=1S/C15H14N2O/c1-2-11(9-10-16)15(18)14-8-7-12-5-3-4-6-13(12)17-14/h3-8,11H,2,9H2,1H3. The molecule has 3 nitrogen and oxygen atoms in total. The van der Waals surface area contributed by atoms with Crippen molar-refractivity contribution < 1.29 is 4.79 Å². The van der Waals surface area contributed by atoms with Gasteiger partial charge in [0, 0.05) is 17.7 Å². The Bertz CT molecular complexity index is 613. The second-order valence-corrected chi connectivity index (χ2v) is 4.22. The number of para-hydroxylation sites is 1. The predicted octanol–water partition coefficient (Wildman–Crippen LogP) is 3.36. The average molecular weight is 238 g/mol. The lowest BCUT2D eigenvalue weighted by Gasteiger charge is -2.09. The van der Waals surface area contributed by atoms with Gasteiger partial charge in [0.1, 0.15) is 5.69 Å². The van der Waals surface area contributed by atoms with Gasteiger partial charge >= 0.3 is 0 Å². The Morgan fingerprint density at radius 1 is 1.33 bits per heavy atom. The van der Waals surface area contributed by atoms with Gasteiger partial charge in [0.05, 0.1) is 11.6 Å². The molecule has 3 heteroatoms. The second kappa shape index (κ2) is 5.42. The zero-order chi connectivity index (χ0) is 13.0. The van der Waals surface area contributed by atoms with E-state index in [1.807, 2.05) is 37.3 Å². The van der Waals surface area contributed by atoms with Crippen molar-refractivity contribution in [1.29, 1.82) is 5.26 Å². The first-order valence-electron chi connectivity index (χ1n) is 6.03. The first kappa shape index (κ1) is 12.3. The number of hydrogen-bond donors (Lipinski definition) is 0. The Hall–Kier alpha value is -2.21. The third-order valence-corrected chi connectivity index (χ3v) is 3.05. The van der Waals surface area contributed by atoms with E-state index in [4.69, 9.17) is 5.26 Å². The van der Waals surface area contributed by atoms with Gasteiger partial charge in [0.15, 0.2) is 5.78 Å². The van der Waals surface area contributed by atoms with Crippen molar-refractivity contribution in [3.63, 3.8) is 0 Å². The third-order valence-electron chi connectivity index (χ3n) is 3.05. The topological polar surface area (TPSA) is 53.8 Å². The lowest BCUT2D eigenvalue weighted by Crippen LogP contribution is -2.14. The van der Waals surface area contributed by atoms with Gasteiger partial charge in [0.2, 0.25) is 0 Å². The van der Waals surface area contributed by atoms with Crippen molar-refractivity contribution in [1.82, 2.24) is 4.98 Å². The van der Waals surface area contributed by atoms with Crippen molar-refractivity contribution in [2.24, 2.45) is 5.92 Å². The molecule has 0 fully saturated rings. The fourth-order valence-electron chi connectivity index (χ4n) is 1.95. The monoisotopic (exact) mass is 238 g/mol. The summed E-state index contributed by atoms with van der Waals surface area (Å²) in [5.41, 5.74) is 1.27. The van der Waals surface area contributed by atoms with Gasteiger partial charge < -0.3 is 0 Å². The number of nitrogens with zero attached hydrogens (tertiary/aromatic N) is 2. The van der Waals surface area contributed by atoms with Crippen molar-refractivity contribution in [2.75, 3.05) is 0 Å². The van der Waals surface area contributed by atoms with Gasteiger partial charge in [-0.3, -0.25) is 4.79 Å². The summed E-state index contributed by atoms with van der Waals surface area (Å²) < 4.78 is 0. The molecule has 1 aromatic heterocycles. The molecule has 0 spiro atoms. The highest BCUT2D eigenvalue weighted by Crippen LogP contribution is 2.17. The minimum absolute atomic E-state index is 0.0372. The molecule has 18 heavy (non-hydrogen) atoms. The van der Waals surface area contributed by atoms with Gasteiger partial charge in [-0.25, -0.2) is 4.98 Å². The maximum Gasteiger partial charge on any atom is 0.185 e. The SMILES string of the molecule is CCC(CC#N)C(=O)c1ccc2ccccc2n1. The summed E-state index contributed by atoms with van der Waals surface area (Å²) in [5, 5.41) is 9.73. The number of carbonyl (C=O) groups excluding carboxylic acids is 1. The van der Waals surface area contributed by atoms with Crippen LogP contribution in [0, 0.1) is 17.2 Å². The largest absolute Gasteiger partial charge is 0.292 e. The lowest BCUT2D eigenvalue weighted by atomic mass is 9.95. The van der Waals surface area contributed by atoms with E-state index in [2.05, 4.69) is 11.1 Å². The maximum absolute atomic E-state index is 12.2. The number of benzene rings is 1. The highest BCUT2D eigenvalue weighted by atomic mass is 16.1. The summed E-state index contributed by atoms with van der Waals surface area (Å²) in [6.07, 6.45) is 0.921. The van der Waals surface area contributed by atoms with E-state index in [-0.39, 0.29) is 18.1 Å². The Kier molecular flexibility index (Phi) is 3.69. The molecule has 1 aromatic carbocycles. The van der Waals surface area contributed by atoms with Crippen LogP contribution in [0.25, 0.3) is 10.9 Å². The molecule has 0 radical (unpaired) electrons. The smallest absolute Gasteiger partial charge is 0.185 e. The van der Waals surface area contributed by atoms with Crippen LogP contribution in [-0.2, 0) is 0 Å². The van der Waals surface area contributed by atoms with E-state index < -0.39 is 0 Å². The first-order valence-corrected chi connectivity index (χ1v) is 6.03. The van der Waals surface area contributed by atoms with Crippen LogP contribution >= 0.6 is 0 Å². The molecule has 0 saturated carbocycles. The highest BCUT2D eigenvalue weighted by Gasteiger charge is 2.19. The molecule has 1 atom stereocenters. The summed E-state index contributed by atoms with van der Waals surface area (Å²) in [5.74, 6) is -0.284. The molecule has 0 aliphatic rings. The Labute approximate surface area is 106 Å². The summed E-state index contributed by atoms with van der Waals surface area (Å²) in [7, 11) is 0. The molecular formula is C15H14N2O. The van der Waals surface area contributed by atoms with Crippen molar-refractivity contribution in [3.8, 4) is 6.07 Å². The minimum Gasteiger partial charge on any atom is -0.292 e. The summed E-state index contributed by atoms with van der Waals surface area (Å²) in [6.45, 7) is 1.92. The number of pyridine rings is 1. The van der Waals surface area contributed by atoms with Crippen LogP contribution in [0.5, 0.6) is 0 Å². The Morgan fingerprint density at radius 2 is 2.11 bits per heavy atom. The molecule has 0 aliphatic heterocycles. The van der Waals surface area contributed by atoms with E-state index in [0.717, 1.165) is 10.9 Å². The molecule has 0 saturated heterocycles. The predicted molar refractivity (Wildman–Crippen MR) is 70.1 cm³/mol. The van der Waals surface area contributed by atoms with Gasteiger partial charge in [-0.1, -0.05) is 31.2 Å². The molecule has 0 amide bonds. The molecule has 0 aliphatic carbocycles. The number of rotatable bonds is 4. The van der Waals surface area contributed by atoms with Crippen LogP contribution in [0.1, 0.15) is 30.3 Å². The number of ketones is 1. The van der Waals surface area contributed by atoms with E-state index in [9.17, 15) is 4.79 Å².